The summed E-state index contributed by atoms with van der Waals surface area (Å²) in [6.45, 7) is 0. The molecule has 0 aromatic carbocycles. The van der Waals surface area contributed by atoms with E-state index in [1.54, 1.807) is 0 Å². The maximum absolute atomic E-state index is 12.6. The van der Waals surface area contributed by atoms with Crippen LogP contribution in [0.25, 0.3) is 5.82 Å². The van der Waals surface area contributed by atoms with Crippen LogP contribution in [0.5, 0.6) is 0 Å². The highest BCUT2D eigenvalue weighted by Crippen LogP contribution is 2.32. The lowest BCUT2D eigenvalue weighted by atomic mass is 10.3. The smallest absolute Gasteiger partial charge is 0.368 e. The predicted molar refractivity (Wildman–Crippen MR) is 70.2 cm³/mol. The number of rotatable bonds is 3. The Balaban J connectivity index is 1.94. The summed E-state index contributed by atoms with van der Waals surface area (Å²) in [6.07, 6.45) is -1.79. The molecule has 2 aromatic rings. The van der Waals surface area contributed by atoms with Gasteiger partial charge in [0.1, 0.15) is 0 Å². The molecule has 2 heterocycles. The Morgan fingerprint density at radius 3 is 2.67 bits per heavy atom. The van der Waals surface area contributed by atoms with E-state index in [0.29, 0.717) is 18.2 Å². The molecular weight excluding hydrogens is 309 g/mol. The highest BCUT2D eigenvalue weighted by atomic mass is 35.5. The molecule has 0 bridgehead atoms. The molecule has 0 atom stereocenters. The molecule has 112 valence electrons. The summed E-state index contributed by atoms with van der Waals surface area (Å²) in [6, 6.07) is 1.09. The van der Waals surface area contributed by atoms with E-state index in [9.17, 15) is 13.2 Å². The van der Waals surface area contributed by atoms with Gasteiger partial charge in [0.2, 0.25) is 11.9 Å². The van der Waals surface area contributed by atoms with Gasteiger partial charge in [-0.2, -0.15) is 22.8 Å². The predicted octanol–water partition coefficient (Wildman–Crippen LogP) is 2.49. The average molecular weight is 319 g/mol. The molecule has 0 amide bonds. The molecule has 2 aromatic heterocycles. The minimum Gasteiger partial charge on any atom is -0.368 e. The summed E-state index contributed by atoms with van der Waals surface area (Å²) in [5, 5.41) is 6.87. The van der Waals surface area contributed by atoms with Gasteiger partial charge >= 0.3 is 6.18 Å². The van der Waals surface area contributed by atoms with E-state index in [4.69, 9.17) is 17.3 Å². The highest BCUT2D eigenvalue weighted by Gasteiger charge is 2.32. The Hall–Kier alpha value is -2.03. The molecule has 10 heteroatoms. The fraction of sp³-hybridized carbons (Fsp3) is 0.364. The van der Waals surface area contributed by atoms with Crippen LogP contribution >= 0.6 is 11.6 Å². The SMILES string of the molecule is Nc1nc(NC2CC2)nn1-c1ncc(C(F)(F)F)cc1Cl. The van der Waals surface area contributed by atoms with E-state index < -0.39 is 11.7 Å². The summed E-state index contributed by atoms with van der Waals surface area (Å²) < 4.78 is 38.8. The van der Waals surface area contributed by atoms with Crippen LogP contribution in [0.1, 0.15) is 18.4 Å². The van der Waals surface area contributed by atoms with Crippen molar-refractivity contribution in [3.63, 3.8) is 0 Å². The van der Waals surface area contributed by atoms with Crippen LogP contribution in [0.3, 0.4) is 0 Å². The minimum absolute atomic E-state index is 0.00138. The third-order valence-electron chi connectivity index (χ3n) is 2.89. The maximum Gasteiger partial charge on any atom is 0.417 e. The summed E-state index contributed by atoms with van der Waals surface area (Å²) in [7, 11) is 0. The summed E-state index contributed by atoms with van der Waals surface area (Å²) >= 11 is 5.84. The number of pyridine rings is 1. The second-order valence-electron chi connectivity index (χ2n) is 4.65. The topological polar surface area (TPSA) is 81.6 Å². The van der Waals surface area contributed by atoms with Crippen molar-refractivity contribution in [3.05, 3.63) is 22.8 Å². The van der Waals surface area contributed by atoms with Gasteiger partial charge in [0.15, 0.2) is 5.82 Å². The molecule has 0 aliphatic heterocycles. The van der Waals surface area contributed by atoms with Crippen LogP contribution in [-0.2, 0) is 6.18 Å². The highest BCUT2D eigenvalue weighted by molar-refractivity contribution is 6.32. The number of hydrogen-bond donors (Lipinski definition) is 2. The van der Waals surface area contributed by atoms with Gasteiger partial charge in [0, 0.05) is 12.2 Å². The van der Waals surface area contributed by atoms with Crippen molar-refractivity contribution in [2.45, 2.75) is 25.1 Å². The van der Waals surface area contributed by atoms with Gasteiger partial charge in [-0.15, -0.1) is 5.10 Å². The molecule has 21 heavy (non-hydrogen) atoms. The molecule has 1 saturated carbocycles. The fourth-order valence-electron chi connectivity index (χ4n) is 1.69. The first kappa shape index (κ1) is 13.9. The lowest BCUT2D eigenvalue weighted by Gasteiger charge is -2.09. The van der Waals surface area contributed by atoms with Crippen molar-refractivity contribution < 1.29 is 13.2 Å². The molecule has 6 nitrogen and oxygen atoms in total. The second-order valence-corrected chi connectivity index (χ2v) is 5.06. The van der Waals surface area contributed by atoms with Crippen LogP contribution < -0.4 is 11.1 Å². The van der Waals surface area contributed by atoms with Gasteiger partial charge in [0.05, 0.1) is 10.6 Å². The molecule has 1 aliphatic carbocycles. The van der Waals surface area contributed by atoms with Crippen molar-refractivity contribution in [2.24, 2.45) is 0 Å². The molecular formula is C11H10ClF3N6. The number of aromatic nitrogens is 4. The normalized spacial score (nSPS) is 15.2. The zero-order valence-electron chi connectivity index (χ0n) is 10.5. The number of nitrogens with two attached hydrogens (primary N) is 1. The fourth-order valence-corrected chi connectivity index (χ4v) is 1.94. The first-order valence-corrected chi connectivity index (χ1v) is 6.44. The van der Waals surface area contributed by atoms with Crippen molar-refractivity contribution >= 4 is 23.5 Å². The Morgan fingerprint density at radius 1 is 1.38 bits per heavy atom. The molecule has 1 aliphatic rings. The third kappa shape index (κ3) is 2.87. The van der Waals surface area contributed by atoms with Gasteiger partial charge in [-0.1, -0.05) is 11.6 Å². The van der Waals surface area contributed by atoms with E-state index in [1.807, 2.05) is 0 Å². The number of halogens is 4. The van der Waals surface area contributed by atoms with Crippen molar-refractivity contribution in [3.8, 4) is 5.82 Å². The Labute approximate surface area is 122 Å². The van der Waals surface area contributed by atoms with Crippen LogP contribution in [-0.4, -0.2) is 25.8 Å². The molecule has 3 rings (SSSR count). The summed E-state index contributed by atoms with van der Waals surface area (Å²) in [5.74, 6) is 0.290. The number of nitrogens with zero attached hydrogens (tertiary/aromatic N) is 4. The van der Waals surface area contributed by atoms with E-state index in [0.717, 1.165) is 23.6 Å². The first-order valence-electron chi connectivity index (χ1n) is 6.07. The van der Waals surface area contributed by atoms with Crippen LogP contribution in [0, 0.1) is 0 Å². The second kappa shape index (κ2) is 4.76. The number of alkyl halides is 3. The monoisotopic (exact) mass is 318 g/mol. The van der Waals surface area contributed by atoms with Crippen molar-refractivity contribution in [1.82, 2.24) is 19.7 Å². The Morgan fingerprint density at radius 2 is 2.10 bits per heavy atom. The average Bonchev–Trinajstić information content (AvgIpc) is 3.11. The lowest BCUT2D eigenvalue weighted by molar-refractivity contribution is -0.137. The van der Waals surface area contributed by atoms with E-state index in [2.05, 4.69) is 20.4 Å². The van der Waals surface area contributed by atoms with E-state index >= 15 is 0 Å². The van der Waals surface area contributed by atoms with Gasteiger partial charge in [0.25, 0.3) is 0 Å². The summed E-state index contributed by atoms with van der Waals surface area (Å²) in [5.41, 5.74) is 4.75. The molecule has 0 unspecified atom stereocenters. The van der Waals surface area contributed by atoms with Crippen LogP contribution in [0.4, 0.5) is 25.1 Å². The minimum atomic E-state index is -4.51. The zero-order chi connectivity index (χ0) is 15.2. The largest absolute Gasteiger partial charge is 0.417 e. The number of nitrogens with one attached hydrogen (secondary N) is 1. The molecule has 0 saturated heterocycles. The van der Waals surface area contributed by atoms with Crippen LogP contribution in [0.2, 0.25) is 5.02 Å². The standard InChI is InChI=1S/C11H10ClF3N6/c12-7-3-5(11(13,14)15)4-17-8(7)21-9(16)19-10(20-21)18-6-1-2-6/h3-4,6H,1-2H2,(H3,16,18,19,20). The van der Waals surface area contributed by atoms with Crippen molar-refractivity contribution in [1.29, 1.82) is 0 Å². The zero-order valence-corrected chi connectivity index (χ0v) is 11.3. The summed E-state index contributed by atoms with van der Waals surface area (Å²) in [4.78, 5) is 7.66. The number of hydrogen-bond acceptors (Lipinski definition) is 5. The van der Waals surface area contributed by atoms with E-state index in [-0.39, 0.29) is 16.8 Å². The molecule has 1 fully saturated rings. The van der Waals surface area contributed by atoms with Gasteiger partial charge < -0.3 is 11.1 Å². The van der Waals surface area contributed by atoms with Gasteiger partial charge in [-0.3, -0.25) is 0 Å². The Kier molecular flexibility index (Phi) is 3.16. The van der Waals surface area contributed by atoms with E-state index in [1.165, 1.54) is 0 Å². The molecule has 3 N–H and O–H groups in total. The quantitative estimate of drug-likeness (QED) is 0.908. The first-order chi connectivity index (χ1) is 9.84. The van der Waals surface area contributed by atoms with Crippen LogP contribution in [0.15, 0.2) is 12.3 Å². The number of nitrogen functional groups attached to an aromatic ring is 1. The lowest BCUT2D eigenvalue weighted by Crippen LogP contribution is -2.10. The molecule has 0 spiro atoms. The van der Waals surface area contributed by atoms with Gasteiger partial charge in [-0.05, 0) is 18.9 Å². The number of anilines is 2. The Bertz CT molecular complexity index is 679. The van der Waals surface area contributed by atoms with Gasteiger partial charge in [-0.25, -0.2) is 4.98 Å². The molecule has 0 radical (unpaired) electrons. The van der Waals surface area contributed by atoms with Crippen molar-refractivity contribution in [2.75, 3.05) is 11.1 Å². The third-order valence-corrected chi connectivity index (χ3v) is 3.17. The maximum atomic E-state index is 12.6.